The monoisotopic (exact) mass is 431 g/mol. The standard InChI is InChI=1S/C22H16F3NO5/c1-12(18-8-13-4-2-3-5-17(13)30-18)26-20(27)11-29-14-6-7-15-16(22(23,24)25)10-21(28)31-19(15)9-14/h2-10,12H,11H2,1H3,(H,26,27)/t12-/m0/s1. The largest absolute Gasteiger partial charge is 0.484 e. The zero-order valence-electron chi connectivity index (χ0n) is 16.2. The molecule has 1 N–H and O–H groups in total. The van der Waals surface area contributed by atoms with Crippen LogP contribution in [0.2, 0.25) is 0 Å². The van der Waals surface area contributed by atoms with Gasteiger partial charge in [0.25, 0.3) is 5.91 Å². The predicted molar refractivity (Wildman–Crippen MR) is 106 cm³/mol. The molecule has 4 aromatic rings. The van der Waals surface area contributed by atoms with Crippen LogP contribution in [0.4, 0.5) is 13.2 Å². The molecule has 0 aliphatic carbocycles. The lowest BCUT2D eigenvalue weighted by atomic mass is 10.1. The highest BCUT2D eigenvalue weighted by molar-refractivity contribution is 5.83. The van der Waals surface area contributed by atoms with Crippen molar-refractivity contribution >= 4 is 27.8 Å². The van der Waals surface area contributed by atoms with E-state index in [2.05, 4.69) is 5.32 Å². The Balaban J connectivity index is 1.44. The second kappa shape index (κ2) is 7.82. The van der Waals surface area contributed by atoms with Gasteiger partial charge in [0.2, 0.25) is 0 Å². The number of benzene rings is 2. The molecule has 2 heterocycles. The van der Waals surface area contributed by atoms with Crippen molar-refractivity contribution in [2.75, 3.05) is 6.61 Å². The lowest BCUT2D eigenvalue weighted by molar-refractivity contribution is -0.136. The van der Waals surface area contributed by atoms with Gasteiger partial charge in [-0.25, -0.2) is 4.79 Å². The van der Waals surface area contributed by atoms with Crippen molar-refractivity contribution in [1.82, 2.24) is 5.32 Å². The van der Waals surface area contributed by atoms with Crippen molar-refractivity contribution in [2.45, 2.75) is 19.1 Å². The van der Waals surface area contributed by atoms with E-state index in [4.69, 9.17) is 13.6 Å². The minimum Gasteiger partial charge on any atom is -0.484 e. The van der Waals surface area contributed by atoms with Crippen molar-refractivity contribution in [3.05, 3.63) is 76.3 Å². The molecule has 0 saturated heterocycles. The van der Waals surface area contributed by atoms with Crippen LogP contribution in [0.3, 0.4) is 0 Å². The van der Waals surface area contributed by atoms with E-state index in [0.29, 0.717) is 17.4 Å². The van der Waals surface area contributed by atoms with E-state index in [1.165, 1.54) is 6.07 Å². The number of halogens is 3. The summed E-state index contributed by atoms with van der Waals surface area (Å²) in [4.78, 5) is 23.7. The number of nitrogens with one attached hydrogen (secondary N) is 1. The Morgan fingerprint density at radius 3 is 2.58 bits per heavy atom. The van der Waals surface area contributed by atoms with Gasteiger partial charge in [-0.3, -0.25) is 4.79 Å². The maximum absolute atomic E-state index is 13.1. The first-order valence-corrected chi connectivity index (χ1v) is 9.26. The van der Waals surface area contributed by atoms with E-state index < -0.39 is 29.3 Å². The van der Waals surface area contributed by atoms with Gasteiger partial charge in [-0.1, -0.05) is 18.2 Å². The van der Waals surface area contributed by atoms with Crippen molar-refractivity contribution in [3.63, 3.8) is 0 Å². The third kappa shape index (κ3) is 4.40. The Kier molecular flexibility index (Phi) is 5.18. The molecule has 1 atom stereocenters. The van der Waals surface area contributed by atoms with E-state index in [9.17, 15) is 22.8 Å². The number of carbonyl (C=O) groups is 1. The van der Waals surface area contributed by atoms with E-state index in [1.54, 1.807) is 6.92 Å². The maximum atomic E-state index is 13.1. The normalized spacial score (nSPS) is 12.8. The maximum Gasteiger partial charge on any atom is 0.417 e. The summed E-state index contributed by atoms with van der Waals surface area (Å²) in [5.41, 5.74) is -1.81. The van der Waals surface area contributed by atoms with Crippen LogP contribution in [0.1, 0.15) is 24.3 Å². The number of hydrogen-bond donors (Lipinski definition) is 1. The van der Waals surface area contributed by atoms with Crippen molar-refractivity contribution in [2.24, 2.45) is 0 Å². The molecule has 0 spiro atoms. The van der Waals surface area contributed by atoms with Crippen LogP contribution in [0.15, 0.2) is 68.2 Å². The van der Waals surface area contributed by atoms with Crippen LogP contribution in [0, 0.1) is 0 Å². The smallest absolute Gasteiger partial charge is 0.417 e. The van der Waals surface area contributed by atoms with Gasteiger partial charge in [-0.2, -0.15) is 13.2 Å². The van der Waals surface area contributed by atoms with Gasteiger partial charge >= 0.3 is 11.8 Å². The Hall–Kier alpha value is -3.75. The molecule has 2 aromatic heterocycles. The number of carbonyl (C=O) groups excluding carboxylic acids is 1. The molecule has 6 nitrogen and oxygen atoms in total. The summed E-state index contributed by atoms with van der Waals surface area (Å²) in [6.45, 7) is 1.36. The molecule has 4 rings (SSSR count). The summed E-state index contributed by atoms with van der Waals surface area (Å²) in [7, 11) is 0. The number of ether oxygens (including phenoxy) is 1. The number of hydrogen-bond acceptors (Lipinski definition) is 5. The molecule has 0 bridgehead atoms. The first-order chi connectivity index (χ1) is 14.7. The van der Waals surface area contributed by atoms with Crippen molar-refractivity contribution in [3.8, 4) is 5.75 Å². The first kappa shape index (κ1) is 20.5. The Labute approximate surface area is 173 Å². The third-order valence-corrected chi connectivity index (χ3v) is 4.64. The highest BCUT2D eigenvalue weighted by Crippen LogP contribution is 2.34. The highest BCUT2D eigenvalue weighted by Gasteiger charge is 2.33. The fourth-order valence-corrected chi connectivity index (χ4v) is 3.19. The average Bonchev–Trinajstić information content (AvgIpc) is 3.15. The van der Waals surface area contributed by atoms with Gasteiger partial charge in [-0.05, 0) is 31.2 Å². The van der Waals surface area contributed by atoms with Crippen LogP contribution in [-0.4, -0.2) is 12.5 Å². The van der Waals surface area contributed by atoms with Crippen LogP contribution >= 0.6 is 0 Å². The minimum absolute atomic E-state index is 0.0847. The molecule has 160 valence electrons. The number of para-hydroxylation sites is 1. The Morgan fingerprint density at radius 2 is 1.84 bits per heavy atom. The summed E-state index contributed by atoms with van der Waals surface area (Å²) in [6.07, 6.45) is -4.71. The second-order valence-corrected chi connectivity index (χ2v) is 6.90. The molecule has 0 saturated carbocycles. The predicted octanol–water partition coefficient (Wildman–Crippen LogP) is 4.81. The molecule has 31 heavy (non-hydrogen) atoms. The first-order valence-electron chi connectivity index (χ1n) is 9.26. The van der Waals surface area contributed by atoms with Gasteiger partial charge < -0.3 is 18.9 Å². The van der Waals surface area contributed by atoms with E-state index in [1.807, 2.05) is 30.3 Å². The number of rotatable bonds is 5. The summed E-state index contributed by atoms with van der Waals surface area (Å²) >= 11 is 0. The van der Waals surface area contributed by atoms with Gasteiger partial charge in [-0.15, -0.1) is 0 Å². The fraction of sp³-hybridized carbons (Fsp3) is 0.182. The van der Waals surface area contributed by atoms with E-state index in [-0.39, 0.29) is 23.3 Å². The fourth-order valence-electron chi connectivity index (χ4n) is 3.19. The quantitative estimate of drug-likeness (QED) is 0.459. The van der Waals surface area contributed by atoms with Crippen molar-refractivity contribution < 1.29 is 31.5 Å². The molecule has 1 amide bonds. The summed E-state index contributed by atoms with van der Waals surface area (Å²) in [6, 6.07) is 12.8. The van der Waals surface area contributed by atoms with E-state index >= 15 is 0 Å². The number of fused-ring (bicyclic) bond motifs is 2. The zero-order chi connectivity index (χ0) is 22.2. The number of furan rings is 1. The lowest BCUT2D eigenvalue weighted by Crippen LogP contribution is -2.31. The molecular formula is C22H16F3NO5. The summed E-state index contributed by atoms with van der Waals surface area (Å²) < 4.78 is 55.2. The van der Waals surface area contributed by atoms with Gasteiger partial charge in [0.05, 0.1) is 11.6 Å². The lowest BCUT2D eigenvalue weighted by Gasteiger charge is -2.13. The molecule has 2 aromatic carbocycles. The molecule has 9 heteroatoms. The third-order valence-electron chi connectivity index (χ3n) is 4.64. The van der Waals surface area contributed by atoms with E-state index in [0.717, 1.165) is 17.5 Å². The highest BCUT2D eigenvalue weighted by atomic mass is 19.4. The molecule has 0 radical (unpaired) electrons. The average molecular weight is 431 g/mol. The molecule has 0 aliphatic rings. The van der Waals surface area contributed by atoms with Crippen LogP contribution < -0.4 is 15.7 Å². The van der Waals surface area contributed by atoms with Gasteiger partial charge in [0.1, 0.15) is 22.7 Å². The number of alkyl halides is 3. The Morgan fingerprint density at radius 1 is 1.06 bits per heavy atom. The zero-order valence-corrected chi connectivity index (χ0v) is 16.2. The summed E-state index contributed by atoms with van der Waals surface area (Å²) in [5.74, 6) is 0.196. The van der Waals surface area contributed by atoms with Gasteiger partial charge in [0, 0.05) is 22.9 Å². The molecule has 0 aliphatic heterocycles. The van der Waals surface area contributed by atoms with Gasteiger partial charge in [0.15, 0.2) is 6.61 Å². The topological polar surface area (TPSA) is 81.7 Å². The molecular weight excluding hydrogens is 415 g/mol. The molecule has 0 unspecified atom stereocenters. The minimum atomic E-state index is -4.71. The van der Waals surface area contributed by atoms with Crippen LogP contribution in [0.25, 0.3) is 21.9 Å². The van der Waals surface area contributed by atoms with Crippen LogP contribution in [0.5, 0.6) is 5.75 Å². The second-order valence-electron chi connectivity index (χ2n) is 6.90. The number of amides is 1. The van der Waals surface area contributed by atoms with Crippen LogP contribution in [-0.2, 0) is 11.0 Å². The van der Waals surface area contributed by atoms with Crippen molar-refractivity contribution in [1.29, 1.82) is 0 Å². The molecule has 0 fully saturated rings. The SMILES string of the molecule is C[C@H](NC(=O)COc1ccc2c(C(F)(F)F)cc(=O)oc2c1)c1cc2ccccc2o1. The Bertz CT molecular complexity index is 1290. The summed E-state index contributed by atoms with van der Waals surface area (Å²) in [5, 5.41) is 3.36.